The van der Waals surface area contributed by atoms with E-state index < -0.39 is 17.3 Å². The van der Waals surface area contributed by atoms with Gasteiger partial charge in [-0.2, -0.15) is 19.9 Å². The van der Waals surface area contributed by atoms with Gasteiger partial charge in [0.05, 0.1) is 30.8 Å². The highest BCUT2D eigenvalue weighted by Crippen LogP contribution is 2.29. The van der Waals surface area contributed by atoms with E-state index in [1.54, 1.807) is 31.2 Å². The van der Waals surface area contributed by atoms with Crippen LogP contribution in [0.3, 0.4) is 0 Å². The summed E-state index contributed by atoms with van der Waals surface area (Å²) in [6, 6.07) is 12.2. The summed E-state index contributed by atoms with van der Waals surface area (Å²) in [5.74, 6) is 0.530. The minimum atomic E-state index is -0.448. The van der Waals surface area contributed by atoms with Gasteiger partial charge in [0.15, 0.2) is 17.1 Å². The molecule has 0 saturated carbocycles. The van der Waals surface area contributed by atoms with Crippen LogP contribution in [0.5, 0.6) is 11.5 Å². The van der Waals surface area contributed by atoms with Crippen molar-refractivity contribution in [1.29, 1.82) is 0 Å². The number of carbonyl (C=O) groups excluding carboxylic acids is 1. The van der Waals surface area contributed by atoms with E-state index >= 15 is 0 Å². The lowest BCUT2D eigenvalue weighted by Crippen LogP contribution is -2.19. The highest BCUT2D eigenvalue weighted by molar-refractivity contribution is 6.04. The molecule has 11 nitrogen and oxygen atoms in total. The molecule has 38 heavy (non-hydrogen) atoms. The van der Waals surface area contributed by atoms with Crippen molar-refractivity contribution in [3.63, 3.8) is 0 Å². The lowest BCUT2D eigenvalue weighted by atomic mass is 10.2. The summed E-state index contributed by atoms with van der Waals surface area (Å²) in [7, 11) is 0. The minimum absolute atomic E-state index is 0.0662. The van der Waals surface area contributed by atoms with Crippen LogP contribution in [0.15, 0.2) is 59.5 Å². The van der Waals surface area contributed by atoms with E-state index in [2.05, 4.69) is 25.5 Å². The van der Waals surface area contributed by atoms with Crippen LogP contribution in [0.2, 0.25) is 0 Å². The third-order valence-corrected chi connectivity index (χ3v) is 5.58. The van der Waals surface area contributed by atoms with Gasteiger partial charge in [-0.25, -0.2) is 9.07 Å². The van der Waals surface area contributed by atoms with E-state index in [0.29, 0.717) is 41.7 Å². The Morgan fingerprint density at radius 2 is 1.76 bits per heavy atom. The first-order valence-electron chi connectivity index (χ1n) is 11.9. The van der Waals surface area contributed by atoms with Crippen molar-refractivity contribution >= 4 is 22.8 Å². The fraction of sp³-hybridized carbons (Fsp3) is 0.192. The van der Waals surface area contributed by atoms with Gasteiger partial charge < -0.3 is 14.8 Å². The molecule has 0 saturated heterocycles. The Bertz CT molecular complexity index is 1690. The Balaban J connectivity index is 1.51. The number of aromatic nitrogens is 6. The lowest BCUT2D eigenvalue weighted by molar-refractivity contribution is 0.102. The zero-order chi connectivity index (χ0) is 26.8. The number of nitrogens with one attached hydrogen (secondary N) is 2. The fourth-order valence-corrected chi connectivity index (χ4v) is 3.91. The summed E-state index contributed by atoms with van der Waals surface area (Å²) >= 11 is 0. The van der Waals surface area contributed by atoms with Gasteiger partial charge in [0.1, 0.15) is 17.0 Å². The van der Waals surface area contributed by atoms with Crippen molar-refractivity contribution < 1.29 is 18.7 Å². The van der Waals surface area contributed by atoms with Crippen LogP contribution in [-0.4, -0.2) is 48.6 Å². The molecule has 0 aliphatic carbocycles. The Morgan fingerprint density at radius 3 is 2.50 bits per heavy atom. The molecule has 3 aromatic heterocycles. The van der Waals surface area contributed by atoms with Crippen LogP contribution >= 0.6 is 0 Å². The second-order valence-electron chi connectivity index (χ2n) is 8.22. The second-order valence-corrected chi connectivity index (χ2v) is 8.22. The zero-order valence-electron chi connectivity index (χ0n) is 20.9. The molecule has 2 N–H and O–H groups in total. The maximum absolute atomic E-state index is 13.4. The number of anilines is 1. The van der Waals surface area contributed by atoms with E-state index in [9.17, 15) is 14.0 Å². The number of aromatic amines is 1. The number of benzene rings is 2. The number of fused-ring (bicyclic) bond motifs is 1. The van der Waals surface area contributed by atoms with Gasteiger partial charge in [-0.1, -0.05) is 0 Å². The van der Waals surface area contributed by atoms with Crippen LogP contribution in [-0.2, 0) is 0 Å². The summed E-state index contributed by atoms with van der Waals surface area (Å²) < 4.78 is 27.4. The van der Waals surface area contributed by atoms with Crippen LogP contribution in [0.4, 0.5) is 10.2 Å². The van der Waals surface area contributed by atoms with Crippen molar-refractivity contribution in [2.45, 2.75) is 20.8 Å². The normalized spacial score (nSPS) is 11.1. The number of ether oxygens (including phenoxy) is 2. The van der Waals surface area contributed by atoms with Gasteiger partial charge in [0, 0.05) is 11.6 Å². The first kappa shape index (κ1) is 24.7. The molecule has 194 valence electrons. The molecule has 0 bridgehead atoms. The number of aryl methyl sites for hydroxylation is 1. The molecule has 0 aliphatic rings. The number of amides is 1. The highest BCUT2D eigenvalue weighted by atomic mass is 19.1. The van der Waals surface area contributed by atoms with E-state index in [4.69, 9.17) is 9.47 Å². The maximum Gasteiger partial charge on any atom is 0.263 e. The highest BCUT2D eigenvalue weighted by Gasteiger charge is 2.18. The molecule has 3 heterocycles. The predicted molar refractivity (Wildman–Crippen MR) is 138 cm³/mol. The third-order valence-electron chi connectivity index (χ3n) is 5.58. The lowest BCUT2D eigenvalue weighted by Gasteiger charge is -2.13. The molecule has 0 radical (unpaired) electrons. The van der Waals surface area contributed by atoms with E-state index in [1.165, 1.54) is 39.8 Å². The summed E-state index contributed by atoms with van der Waals surface area (Å²) in [4.78, 5) is 33.2. The zero-order valence-corrected chi connectivity index (χ0v) is 20.9. The molecule has 1 amide bonds. The van der Waals surface area contributed by atoms with Gasteiger partial charge in [0.2, 0.25) is 5.95 Å². The topological polar surface area (TPSA) is 129 Å². The molecule has 12 heteroatoms. The van der Waals surface area contributed by atoms with Crippen LogP contribution in [0.1, 0.15) is 29.9 Å². The molecule has 0 aliphatic heterocycles. The third kappa shape index (κ3) is 4.71. The van der Waals surface area contributed by atoms with Gasteiger partial charge in [-0.15, -0.1) is 0 Å². The predicted octanol–water partition coefficient (Wildman–Crippen LogP) is 3.79. The summed E-state index contributed by atoms with van der Waals surface area (Å²) in [6.45, 7) is 6.32. The van der Waals surface area contributed by atoms with Crippen molar-refractivity contribution in [2.24, 2.45) is 0 Å². The largest absolute Gasteiger partial charge is 0.490 e. The Labute approximate surface area is 215 Å². The average Bonchev–Trinajstić information content (AvgIpc) is 3.49. The van der Waals surface area contributed by atoms with Crippen LogP contribution in [0, 0.1) is 12.7 Å². The number of halogens is 1. The van der Waals surface area contributed by atoms with Crippen LogP contribution < -0.4 is 20.3 Å². The Hall–Kier alpha value is -5.00. The number of hydrogen-bond acceptors (Lipinski definition) is 7. The van der Waals surface area contributed by atoms with Crippen molar-refractivity contribution in [3.05, 3.63) is 82.2 Å². The Kier molecular flexibility index (Phi) is 6.60. The maximum atomic E-state index is 13.4. The number of carbonyl (C=O) groups is 1. The molecule has 0 spiro atoms. The Morgan fingerprint density at radius 1 is 1.03 bits per heavy atom. The SMILES string of the molecule is CCOc1ccc(C(=O)Nc2cc(C)nn2-c2nc3c(cnn3-c3ccc(F)cc3)c(=O)[nH]2)cc1OCC. The minimum Gasteiger partial charge on any atom is -0.490 e. The standard InChI is InChI=1S/C26H24FN7O4/c1-4-37-20-11-6-16(13-21(20)38-5-2)24(35)29-22-12-15(3)32-34(22)26-30-23-19(25(36)31-26)14-28-33(23)18-9-7-17(27)8-10-18/h6-14H,4-5H2,1-3H3,(H,29,35)(H,30,31,36). The molecule has 5 rings (SSSR count). The van der Waals surface area contributed by atoms with Gasteiger partial charge in [-0.3, -0.25) is 14.6 Å². The molecule has 0 unspecified atom stereocenters. The smallest absolute Gasteiger partial charge is 0.263 e. The van der Waals surface area contributed by atoms with Gasteiger partial charge in [0.25, 0.3) is 11.5 Å². The molecule has 5 aromatic rings. The summed E-state index contributed by atoms with van der Waals surface area (Å²) in [5, 5.41) is 11.7. The number of H-pyrrole nitrogens is 1. The first-order valence-corrected chi connectivity index (χ1v) is 11.9. The second kappa shape index (κ2) is 10.2. The molecular formula is C26H24FN7O4. The number of nitrogens with zero attached hydrogens (tertiary/aromatic N) is 5. The number of rotatable bonds is 8. The van der Waals surface area contributed by atoms with Crippen molar-refractivity contribution in [1.82, 2.24) is 29.5 Å². The van der Waals surface area contributed by atoms with E-state index in [1.807, 2.05) is 13.8 Å². The molecule has 0 fully saturated rings. The summed E-state index contributed by atoms with van der Waals surface area (Å²) in [5.41, 5.74) is 1.24. The fourth-order valence-electron chi connectivity index (χ4n) is 3.91. The number of hydrogen-bond donors (Lipinski definition) is 2. The monoisotopic (exact) mass is 517 g/mol. The molecule has 0 atom stereocenters. The van der Waals surface area contributed by atoms with Gasteiger partial charge in [-0.05, 0) is 63.2 Å². The first-order chi connectivity index (χ1) is 18.4. The molecular weight excluding hydrogens is 493 g/mol. The quantitative estimate of drug-likeness (QED) is 0.320. The molecule has 2 aromatic carbocycles. The van der Waals surface area contributed by atoms with Crippen molar-refractivity contribution in [3.8, 4) is 23.1 Å². The van der Waals surface area contributed by atoms with E-state index in [-0.39, 0.29) is 22.8 Å². The average molecular weight is 518 g/mol. The van der Waals surface area contributed by atoms with Crippen LogP contribution in [0.25, 0.3) is 22.7 Å². The van der Waals surface area contributed by atoms with Crippen molar-refractivity contribution in [2.75, 3.05) is 18.5 Å². The summed E-state index contributed by atoms with van der Waals surface area (Å²) in [6.07, 6.45) is 1.38. The van der Waals surface area contributed by atoms with Gasteiger partial charge >= 0.3 is 0 Å². The van der Waals surface area contributed by atoms with E-state index in [0.717, 1.165) is 0 Å².